The first-order valence-corrected chi connectivity index (χ1v) is 6.70. The average molecular weight is 234 g/mol. The van der Waals surface area contributed by atoms with Gasteiger partial charge in [0.25, 0.3) is 0 Å². The SMILES string of the molecule is CC1=CC(=O)[C@H]2[C@H]3[C@@H]1[C@]2(C)CC[C@H](O)C3(C)C. The molecule has 1 N–H and O–H groups in total. The second-order valence-corrected chi connectivity index (χ2v) is 7.15. The Balaban J connectivity index is 2.14. The molecule has 2 saturated carbocycles. The molecule has 94 valence electrons. The molecule has 0 aromatic carbocycles. The van der Waals surface area contributed by atoms with Crippen molar-refractivity contribution in [1.82, 2.24) is 0 Å². The Morgan fingerprint density at radius 3 is 2.53 bits per heavy atom. The van der Waals surface area contributed by atoms with Gasteiger partial charge in [0.05, 0.1) is 6.10 Å². The van der Waals surface area contributed by atoms with Gasteiger partial charge in [-0.1, -0.05) is 26.3 Å². The number of allylic oxidation sites excluding steroid dienone is 2. The van der Waals surface area contributed by atoms with E-state index in [1.165, 1.54) is 5.57 Å². The van der Waals surface area contributed by atoms with Crippen molar-refractivity contribution in [2.24, 2.45) is 28.6 Å². The van der Waals surface area contributed by atoms with Crippen molar-refractivity contribution in [3.8, 4) is 0 Å². The zero-order valence-electron chi connectivity index (χ0n) is 11.2. The number of aliphatic hydroxyl groups excluding tert-OH is 1. The molecule has 2 nitrogen and oxygen atoms in total. The van der Waals surface area contributed by atoms with Gasteiger partial charge in [0, 0.05) is 5.92 Å². The Morgan fingerprint density at radius 2 is 1.94 bits per heavy atom. The summed E-state index contributed by atoms with van der Waals surface area (Å²) >= 11 is 0. The Kier molecular flexibility index (Phi) is 2.04. The summed E-state index contributed by atoms with van der Waals surface area (Å²) in [5.41, 5.74) is 1.23. The first-order chi connectivity index (χ1) is 7.80. The molecule has 0 aliphatic heterocycles. The van der Waals surface area contributed by atoms with Crippen molar-refractivity contribution >= 4 is 5.78 Å². The van der Waals surface area contributed by atoms with E-state index < -0.39 is 0 Å². The van der Waals surface area contributed by atoms with Gasteiger partial charge in [-0.3, -0.25) is 4.79 Å². The van der Waals surface area contributed by atoms with Crippen molar-refractivity contribution in [1.29, 1.82) is 0 Å². The third-order valence-electron chi connectivity index (χ3n) is 5.98. The third-order valence-corrected chi connectivity index (χ3v) is 5.98. The van der Waals surface area contributed by atoms with Gasteiger partial charge in [-0.15, -0.1) is 0 Å². The van der Waals surface area contributed by atoms with Gasteiger partial charge in [-0.25, -0.2) is 0 Å². The molecule has 0 spiro atoms. The van der Waals surface area contributed by atoms with E-state index in [9.17, 15) is 9.90 Å². The first-order valence-electron chi connectivity index (χ1n) is 6.70. The van der Waals surface area contributed by atoms with Crippen LogP contribution in [0.15, 0.2) is 11.6 Å². The lowest BCUT2D eigenvalue weighted by atomic mass is 9.38. The molecule has 0 aromatic heterocycles. The fourth-order valence-electron chi connectivity index (χ4n) is 5.01. The summed E-state index contributed by atoms with van der Waals surface area (Å²) in [6.45, 7) is 8.62. The van der Waals surface area contributed by atoms with Crippen LogP contribution in [0, 0.1) is 28.6 Å². The van der Waals surface area contributed by atoms with E-state index >= 15 is 0 Å². The predicted octanol–water partition coefficient (Wildman–Crippen LogP) is 2.56. The monoisotopic (exact) mass is 234 g/mol. The van der Waals surface area contributed by atoms with Crippen molar-refractivity contribution in [2.75, 3.05) is 0 Å². The van der Waals surface area contributed by atoms with Crippen LogP contribution in [0.4, 0.5) is 0 Å². The molecule has 2 heteroatoms. The van der Waals surface area contributed by atoms with Crippen molar-refractivity contribution in [2.45, 2.75) is 46.6 Å². The lowest BCUT2D eigenvalue weighted by molar-refractivity contribution is -0.170. The molecular weight excluding hydrogens is 212 g/mol. The molecule has 0 heterocycles. The molecule has 0 aromatic rings. The predicted molar refractivity (Wildman–Crippen MR) is 66.4 cm³/mol. The molecule has 4 rings (SSSR count). The fourth-order valence-corrected chi connectivity index (χ4v) is 5.01. The molecule has 0 saturated heterocycles. The number of hydrogen-bond donors (Lipinski definition) is 1. The number of carbonyl (C=O) groups excluding carboxylic acids is 1. The summed E-state index contributed by atoms with van der Waals surface area (Å²) in [6.07, 6.45) is 3.41. The molecule has 4 bridgehead atoms. The van der Waals surface area contributed by atoms with E-state index in [0.29, 0.717) is 17.6 Å². The number of fused-ring (bicyclic) bond motifs is 1. The number of aliphatic hydroxyl groups is 1. The molecule has 0 radical (unpaired) electrons. The summed E-state index contributed by atoms with van der Waals surface area (Å²) in [4.78, 5) is 12.3. The second-order valence-electron chi connectivity index (χ2n) is 7.15. The van der Waals surface area contributed by atoms with Crippen LogP contribution in [-0.4, -0.2) is 17.0 Å². The summed E-state index contributed by atoms with van der Waals surface area (Å²) in [5, 5.41) is 10.3. The minimum Gasteiger partial charge on any atom is -0.393 e. The first kappa shape index (κ1) is 11.5. The lowest BCUT2D eigenvalue weighted by Gasteiger charge is -2.65. The van der Waals surface area contributed by atoms with Crippen LogP contribution >= 0.6 is 0 Å². The highest BCUT2D eigenvalue weighted by atomic mass is 16.3. The van der Waals surface area contributed by atoms with Gasteiger partial charge in [-0.2, -0.15) is 0 Å². The van der Waals surface area contributed by atoms with Crippen LogP contribution in [0.3, 0.4) is 0 Å². The van der Waals surface area contributed by atoms with Crippen LogP contribution < -0.4 is 0 Å². The van der Waals surface area contributed by atoms with E-state index in [2.05, 4.69) is 27.7 Å². The summed E-state index contributed by atoms with van der Waals surface area (Å²) in [7, 11) is 0. The van der Waals surface area contributed by atoms with Crippen molar-refractivity contribution in [3.05, 3.63) is 11.6 Å². The van der Waals surface area contributed by atoms with Crippen LogP contribution in [0.2, 0.25) is 0 Å². The topological polar surface area (TPSA) is 37.3 Å². The highest BCUT2D eigenvalue weighted by Gasteiger charge is 2.69. The highest BCUT2D eigenvalue weighted by Crippen LogP contribution is 2.71. The maximum absolute atomic E-state index is 12.3. The normalized spacial score (nSPS) is 51.4. The molecule has 4 aliphatic rings. The maximum atomic E-state index is 12.3. The smallest absolute Gasteiger partial charge is 0.159 e. The quantitative estimate of drug-likeness (QED) is 0.699. The van der Waals surface area contributed by atoms with E-state index in [-0.39, 0.29) is 22.9 Å². The third kappa shape index (κ3) is 1.13. The zero-order valence-corrected chi connectivity index (χ0v) is 11.2. The van der Waals surface area contributed by atoms with Crippen LogP contribution in [0.5, 0.6) is 0 Å². The minimum absolute atomic E-state index is 0.120. The van der Waals surface area contributed by atoms with Gasteiger partial charge in [0.2, 0.25) is 0 Å². The van der Waals surface area contributed by atoms with Crippen LogP contribution in [0.25, 0.3) is 0 Å². The Morgan fingerprint density at radius 1 is 1.29 bits per heavy atom. The van der Waals surface area contributed by atoms with Gasteiger partial charge < -0.3 is 5.11 Å². The number of ketones is 1. The van der Waals surface area contributed by atoms with Crippen LogP contribution in [0.1, 0.15) is 40.5 Å². The largest absolute Gasteiger partial charge is 0.393 e. The van der Waals surface area contributed by atoms with E-state index in [1.807, 2.05) is 6.08 Å². The van der Waals surface area contributed by atoms with Gasteiger partial charge in [0.15, 0.2) is 5.78 Å². The van der Waals surface area contributed by atoms with Crippen molar-refractivity contribution < 1.29 is 9.90 Å². The van der Waals surface area contributed by atoms with Gasteiger partial charge >= 0.3 is 0 Å². The lowest BCUT2D eigenvalue weighted by Crippen LogP contribution is -2.64. The molecular formula is C15H22O2. The molecule has 0 unspecified atom stereocenters. The van der Waals surface area contributed by atoms with Crippen LogP contribution in [-0.2, 0) is 4.79 Å². The standard InChI is InChI=1S/C15H22O2/c1-8-7-9(16)12-13-11(8)15(12,4)6-5-10(17)14(13,2)3/h7,10-13,17H,5-6H2,1-4H3/t10-,11+,12-,13+,15-/m0/s1. The molecule has 17 heavy (non-hydrogen) atoms. The Hall–Kier alpha value is -0.630. The van der Waals surface area contributed by atoms with E-state index in [4.69, 9.17) is 0 Å². The Labute approximate surface area is 103 Å². The number of hydrogen-bond acceptors (Lipinski definition) is 2. The molecule has 4 aliphatic carbocycles. The van der Waals surface area contributed by atoms with Gasteiger partial charge in [-0.05, 0) is 48.5 Å². The fraction of sp³-hybridized carbons (Fsp3) is 0.800. The van der Waals surface area contributed by atoms with Gasteiger partial charge in [0.1, 0.15) is 0 Å². The molecule has 0 amide bonds. The Bertz CT molecular complexity index is 421. The zero-order chi connectivity index (χ0) is 12.6. The average Bonchev–Trinajstić information content (AvgIpc) is 2.32. The summed E-state index contributed by atoms with van der Waals surface area (Å²) in [5.74, 6) is 1.32. The molecule has 2 fully saturated rings. The van der Waals surface area contributed by atoms with E-state index in [1.54, 1.807) is 0 Å². The summed E-state index contributed by atoms with van der Waals surface area (Å²) in [6, 6.07) is 0. The van der Waals surface area contributed by atoms with Crippen molar-refractivity contribution in [3.63, 3.8) is 0 Å². The second kappa shape index (κ2) is 3.03. The van der Waals surface area contributed by atoms with E-state index in [0.717, 1.165) is 12.8 Å². The minimum atomic E-state index is -0.263. The number of rotatable bonds is 0. The maximum Gasteiger partial charge on any atom is 0.159 e. The summed E-state index contributed by atoms with van der Waals surface area (Å²) < 4.78 is 0. The molecule has 5 atom stereocenters. The highest BCUT2D eigenvalue weighted by molar-refractivity contribution is 5.96. The number of carbonyl (C=O) groups is 1.